The minimum atomic E-state index is -3.81. The van der Waals surface area contributed by atoms with E-state index in [2.05, 4.69) is 28.4 Å². The van der Waals surface area contributed by atoms with E-state index in [-0.39, 0.29) is 23.6 Å². The lowest BCUT2D eigenvalue weighted by atomic mass is 9.92. The molecule has 0 bridgehead atoms. The average molecular weight is 454 g/mol. The molecule has 0 amide bonds. The van der Waals surface area contributed by atoms with Crippen molar-refractivity contribution in [2.45, 2.75) is 61.8 Å². The average Bonchev–Trinajstić information content (AvgIpc) is 3.16. The highest BCUT2D eigenvalue weighted by molar-refractivity contribution is 7.89. The zero-order valence-corrected chi connectivity index (χ0v) is 19.5. The first-order valence-electron chi connectivity index (χ1n) is 11.2. The third-order valence-corrected chi connectivity index (χ3v) is 8.26. The van der Waals surface area contributed by atoms with Gasteiger partial charge in [-0.15, -0.1) is 0 Å². The molecule has 3 atom stereocenters. The number of benzene rings is 1. The molecule has 4 rings (SSSR count). The van der Waals surface area contributed by atoms with Gasteiger partial charge in [0.05, 0.1) is 12.1 Å². The molecule has 174 valence electrons. The van der Waals surface area contributed by atoms with Crippen molar-refractivity contribution >= 4 is 10.0 Å². The van der Waals surface area contributed by atoms with Crippen LogP contribution in [0.15, 0.2) is 23.1 Å². The number of fused-ring (bicyclic) bond motifs is 2. The van der Waals surface area contributed by atoms with Crippen LogP contribution in [-0.2, 0) is 14.8 Å². The van der Waals surface area contributed by atoms with Crippen LogP contribution >= 0.6 is 0 Å². The Hall–Kier alpha value is -1.23. The maximum atomic E-state index is 13.1. The van der Waals surface area contributed by atoms with Gasteiger partial charge in [-0.2, -0.15) is 0 Å². The Balaban J connectivity index is 1.73. The number of likely N-dealkylation sites (tertiary alicyclic amines) is 1. The summed E-state index contributed by atoms with van der Waals surface area (Å²) in [6.07, 6.45) is 0.866. The molecule has 3 heterocycles. The first-order valence-corrected chi connectivity index (χ1v) is 12.7. The summed E-state index contributed by atoms with van der Waals surface area (Å²) in [5.74, 6) is 0.745. The van der Waals surface area contributed by atoms with E-state index in [1.807, 2.05) is 19.2 Å². The molecule has 1 aromatic rings. The summed E-state index contributed by atoms with van der Waals surface area (Å²) in [4.78, 5) is 4.58. The number of hydrogen-bond acceptors (Lipinski definition) is 7. The number of aliphatic hydroxyl groups is 1. The van der Waals surface area contributed by atoms with Crippen LogP contribution in [-0.4, -0.2) is 94.1 Å². The number of nitrogens with one attached hydrogen (secondary N) is 1. The molecule has 9 heteroatoms. The third kappa shape index (κ3) is 5.07. The second kappa shape index (κ2) is 9.33. The fourth-order valence-electron chi connectivity index (χ4n) is 4.85. The van der Waals surface area contributed by atoms with E-state index in [0.717, 1.165) is 44.7 Å². The summed E-state index contributed by atoms with van der Waals surface area (Å²) < 4.78 is 40.7. The Morgan fingerprint density at radius 1 is 1.16 bits per heavy atom. The molecule has 3 aliphatic heterocycles. The second-order valence-corrected chi connectivity index (χ2v) is 11.0. The molecule has 0 saturated carbocycles. The summed E-state index contributed by atoms with van der Waals surface area (Å²) in [6.45, 7) is 7.64. The quantitative estimate of drug-likeness (QED) is 0.690. The van der Waals surface area contributed by atoms with E-state index in [1.54, 1.807) is 6.07 Å². The van der Waals surface area contributed by atoms with Crippen molar-refractivity contribution in [3.05, 3.63) is 23.8 Å². The monoisotopic (exact) mass is 453 g/mol. The summed E-state index contributed by atoms with van der Waals surface area (Å²) >= 11 is 0. The molecule has 0 aliphatic carbocycles. The summed E-state index contributed by atoms with van der Waals surface area (Å²) in [5.41, 5.74) is 1.09. The van der Waals surface area contributed by atoms with E-state index in [9.17, 15) is 13.5 Å². The minimum Gasteiger partial charge on any atom is -0.486 e. The van der Waals surface area contributed by atoms with E-state index < -0.39 is 16.1 Å². The molecule has 2 N–H and O–H groups in total. The molecule has 2 saturated heterocycles. The fraction of sp³-hybridized carbons (Fsp3) is 0.727. The van der Waals surface area contributed by atoms with Crippen LogP contribution in [0.25, 0.3) is 0 Å². The molecule has 0 aromatic heterocycles. The smallest absolute Gasteiger partial charge is 0.244 e. The van der Waals surface area contributed by atoms with E-state index in [0.29, 0.717) is 24.3 Å². The molecular weight excluding hydrogens is 418 g/mol. The van der Waals surface area contributed by atoms with Crippen molar-refractivity contribution in [3.8, 4) is 5.75 Å². The summed E-state index contributed by atoms with van der Waals surface area (Å²) in [7, 11) is -1.83. The largest absolute Gasteiger partial charge is 0.486 e. The van der Waals surface area contributed by atoms with Crippen LogP contribution in [0, 0.1) is 0 Å². The van der Waals surface area contributed by atoms with Crippen LogP contribution in [0.1, 0.15) is 38.2 Å². The Bertz CT molecular complexity index is 872. The predicted octanol–water partition coefficient (Wildman–Crippen LogP) is 1.01. The molecule has 0 radical (unpaired) electrons. The lowest BCUT2D eigenvalue weighted by Gasteiger charge is -2.30. The molecule has 2 fully saturated rings. The van der Waals surface area contributed by atoms with Gasteiger partial charge in [-0.1, -0.05) is 6.07 Å². The van der Waals surface area contributed by atoms with E-state index in [4.69, 9.17) is 9.47 Å². The Labute approximate surface area is 185 Å². The van der Waals surface area contributed by atoms with Crippen molar-refractivity contribution in [1.29, 1.82) is 0 Å². The number of β-amino-alcohol motifs (C(OH)–C–C–N with tert-alkyl or cyclic N) is 1. The number of likely N-dealkylation sites (N-methyl/N-ethyl adjacent to an activating group) is 1. The van der Waals surface area contributed by atoms with Gasteiger partial charge in [0, 0.05) is 45.4 Å². The van der Waals surface area contributed by atoms with Crippen molar-refractivity contribution in [2.75, 3.05) is 46.4 Å². The predicted molar refractivity (Wildman–Crippen MR) is 118 cm³/mol. The van der Waals surface area contributed by atoms with Gasteiger partial charge in [0.2, 0.25) is 10.0 Å². The molecular formula is C22H35N3O5S. The highest BCUT2D eigenvalue weighted by atomic mass is 32.2. The lowest BCUT2D eigenvalue weighted by Crippen LogP contribution is -2.47. The summed E-state index contributed by atoms with van der Waals surface area (Å²) in [6, 6.07) is 5.89. The van der Waals surface area contributed by atoms with E-state index in [1.165, 1.54) is 0 Å². The van der Waals surface area contributed by atoms with Gasteiger partial charge in [0.25, 0.3) is 0 Å². The highest BCUT2D eigenvalue weighted by Crippen LogP contribution is 2.35. The Morgan fingerprint density at radius 3 is 2.61 bits per heavy atom. The van der Waals surface area contributed by atoms with Gasteiger partial charge in [-0.05, 0) is 57.4 Å². The number of aliphatic hydroxyl groups excluding tert-OH is 1. The Morgan fingerprint density at radius 2 is 1.90 bits per heavy atom. The number of sulfonamides is 1. The molecule has 0 spiro atoms. The normalized spacial score (nSPS) is 30.9. The molecule has 3 aliphatic rings. The van der Waals surface area contributed by atoms with Crippen molar-refractivity contribution in [3.63, 3.8) is 0 Å². The third-order valence-electron chi connectivity index (χ3n) is 6.80. The van der Waals surface area contributed by atoms with Crippen LogP contribution in [0.2, 0.25) is 0 Å². The maximum Gasteiger partial charge on any atom is 0.244 e. The molecule has 0 unspecified atom stereocenters. The fourth-order valence-corrected chi connectivity index (χ4v) is 6.03. The number of ether oxygens (including phenoxy) is 2. The van der Waals surface area contributed by atoms with E-state index >= 15 is 0 Å². The van der Waals surface area contributed by atoms with Gasteiger partial charge in [-0.3, -0.25) is 9.80 Å². The molecule has 8 nitrogen and oxygen atoms in total. The minimum absolute atomic E-state index is 0.0287. The lowest BCUT2D eigenvalue weighted by molar-refractivity contribution is 0.0709. The maximum absolute atomic E-state index is 13.1. The standard InChI is InChI=1S/C22H35N3O5S/c1-15(2)25-13-19-21(14-25)30-20-10-17(16-6-8-29-9-7-16)4-5-22(20)31(27,28)23-11-18(26)12-24(19)3/h4-5,10,15-16,18-19,21,23,26H,6-9,11-14H2,1-3H3/t18-,19+,21-/m0/s1. The molecule has 31 heavy (non-hydrogen) atoms. The van der Waals surface area contributed by atoms with Crippen molar-refractivity contribution in [2.24, 2.45) is 0 Å². The van der Waals surface area contributed by atoms with Crippen molar-refractivity contribution in [1.82, 2.24) is 14.5 Å². The zero-order valence-electron chi connectivity index (χ0n) is 18.7. The summed E-state index contributed by atoms with van der Waals surface area (Å²) in [5, 5.41) is 10.4. The van der Waals surface area contributed by atoms with Gasteiger partial charge < -0.3 is 14.6 Å². The van der Waals surface area contributed by atoms with Gasteiger partial charge in [-0.25, -0.2) is 13.1 Å². The Kier molecular flexibility index (Phi) is 6.90. The van der Waals surface area contributed by atoms with Gasteiger partial charge in [0.15, 0.2) is 0 Å². The van der Waals surface area contributed by atoms with Crippen LogP contribution < -0.4 is 9.46 Å². The van der Waals surface area contributed by atoms with Crippen LogP contribution in [0.4, 0.5) is 0 Å². The number of rotatable bonds is 2. The van der Waals surface area contributed by atoms with Gasteiger partial charge in [0.1, 0.15) is 16.7 Å². The van der Waals surface area contributed by atoms with Gasteiger partial charge >= 0.3 is 0 Å². The second-order valence-electron chi connectivity index (χ2n) is 9.31. The first kappa shape index (κ1) is 22.9. The van der Waals surface area contributed by atoms with Crippen LogP contribution in [0.3, 0.4) is 0 Å². The zero-order chi connectivity index (χ0) is 22.2. The highest BCUT2D eigenvalue weighted by Gasteiger charge is 2.40. The van der Waals surface area contributed by atoms with Crippen molar-refractivity contribution < 1.29 is 23.0 Å². The topological polar surface area (TPSA) is 91.3 Å². The van der Waals surface area contributed by atoms with Crippen LogP contribution in [0.5, 0.6) is 5.75 Å². The molecule has 1 aromatic carbocycles. The SMILES string of the molecule is CC(C)N1C[C@@H]2Oc3cc(C4CCOCC4)ccc3S(=O)(=O)NC[C@H](O)CN(C)[C@@H]2C1. The number of hydrogen-bond donors (Lipinski definition) is 2. The first-order chi connectivity index (χ1) is 14.7. The number of nitrogens with zero attached hydrogens (tertiary/aromatic N) is 2.